The molecule has 1 aliphatic carbocycles. The second kappa shape index (κ2) is 5.93. The summed E-state index contributed by atoms with van der Waals surface area (Å²) in [5.74, 6) is 0.523. The Morgan fingerprint density at radius 1 is 1.05 bits per heavy atom. The Balaban J connectivity index is 1.56. The molecule has 1 heterocycles. The minimum absolute atomic E-state index is 0.384. The lowest BCUT2D eigenvalue weighted by Gasteiger charge is -2.21. The third kappa shape index (κ3) is 3.17. The lowest BCUT2D eigenvalue weighted by molar-refractivity contribution is 0.0397. The number of aromatic nitrogens is 3. The number of rotatable bonds is 4. The standard InChI is InChI=1S/C14H18N4O/c1-2-6-11(7-3-1)19-10-15-14-16-12-8-4-5-9-13(12)17-18-14/h4-5,8-9,11H,1-3,6-7,10H2,(H,15,16,18). The van der Waals surface area contributed by atoms with Gasteiger partial charge in [0.05, 0.1) is 11.6 Å². The molecule has 1 aromatic heterocycles. The van der Waals surface area contributed by atoms with Crippen molar-refractivity contribution in [1.82, 2.24) is 15.2 Å². The van der Waals surface area contributed by atoms with Crippen LogP contribution in [0.15, 0.2) is 24.3 Å². The van der Waals surface area contributed by atoms with Gasteiger partial charge in [-0.2, -0.15) is 0 Å². The normalized spacial score (nSPS) is 16.6. The van der Waals surface area contributed by atoms with Crippen molar-refractivity contribution in [1.29, 1.82) is 0 Å². The predicted octanol–water partition coefficient (Wildman–Crippen LogP) is 2.74. The molecule has 19 heavy (non-hydrogen) atoms. The second-order valence-corrected chi connectivity index (χ2v) is 4.87. The number of ether oxygens (including phenoxy) is 1. The number of benzene rings is 1. The number of para-hydroxylation sites is 1. The molecule has 5 nitrogen and oxygen atoms in total. The first kappa shape index (κ1) is 12.3. The highest BCUT2D eigenvalue weighted by atomic mass is 16.5. The molecule has 0 spiro atoms. The molecule has 0 radical (unpaired) electrons. The van der Waals surface area contributed by atoms with Gasteiger partial charge in [-0.1, -0.05) is 31.4 Å². The van der Waals surface area contributed by atoms with Gasteiger partial charge in [0, 0.05) is 0 Å². The van der Waals surface area contributed by atoms with Crippen LogP contribution < -0.4 is 5.32 Å². The van der Waals surface area contributed by atoms with Gasteiger partial charge in [0.1, 0.15) is 12.2 Å². The highest BCUT2D eigenvalue weighted by Crippen LogP contribution is 2.20. The number of anilines is 1. The van der Waals surface area contributed by atoms with Gasteiger partial charge in [0.15, 0.2) is 0 Å². The Morgan fingerprint density at radius 3 is 2.68 bits per heavy atom. The number of hydrogen-bond donors (Lipinski definition) is 1. The molecule has 100 valence electrons. The maximum Gasteiger partial charge on any atom is 0.245 e. The van der Waals surface area contributed by atoms with Crippen molar-refractivity contribution < 1.29 is 4.74 Å². The van der Waals surface area contributed by atoms with Gasteiger partial charge in [-0.3, -0.25) is 0 Å². The van der Waals surface area contributed by atoms with Crippen LogP contribution in [0.5, 0.6) is 0 Å². The van der Waals surface area contributed by atoms with Crippen LogP contribution in [-0.2, 0) is 4.74 Å². The number of nitrogens with zero attached hydrogens (tertiary/aromatic N) is 3. The summed E-state index contributed by atoms with van der Waals surface area (Å²) in [7, 11) is 0. The maximum absolute atomic E-state index is 5.78. The van der Waals surface area contributed by atoms with E-state index in [4.69, 9.17) is 4.74 Å². The fraction of sp³-hybridized carbons (Fsp3) is 0.500. The monoisotopic (exact) mass is 258 g/mol. The Kier molecular flexibility index (Phi) is 3.83. The summed E-state index contributed by atoms with van der Waals surface area (Å²) in [5, 5.41) is 11.2. The van der Waals surface area contributed by atoms with E-state index in [1.165, 1.54) is 32.1 Å². The molecule has 0 amide bonds. The van der Waals surface area contributed by atoms with E-state index < -0.39 is 0 Å². The summed E-state index contributed by atoms with van der Waals surface area (Å²) in [6, 6.07) is 7.70. The number of nitrogens with one attached hydrogen (secondary N) is 1. The first-order valence-electron chi connectivity index (χ1n) is 6.87. The second-order valence-electron chi connectivity index (χ2n) is 4.87. The molecular formula is C14H18N4O. The van der Waals surface area contributed by atoms with E-state index in [9.17, 15) is 0 Å². The first-order chi connectivity index (χ1) is 9.42. The van der Waals surface area contributed by atoms with Crippen LogP contribution in [0, 0.1) is 0 Å². The highest BCUT2D eigenvalue weighted by molar-refractivity contribution is 5.73. The number of fused-ring (bicyclic) bond motifs is 1. The Morgan fingerprint density at radius 2 is 1.84 bits per heavy atom. The SMILES string of the molecule is c1ccc2nc(NCOC3CCCCC3)nnc2c1. The van der Waals surface area contributed by atoms with E-state index in [1.54, 1.807) is 0 Å². The lowest BCUT2D eigenvalue weighted by atomic mass is 9.98. The van der Waals surface area contributed by atoms with Crippen LogP contribution >= 0.6 is 0 Å². The molecule has 1 N–H and O–H groups in total. The summed E-state index contributed by atoms with van der Waals surface area (Å²) < 4.78 is 5.78. The quantitative estimate of drug-likeness (QED) is 0.854. The molecule has 1 aliphatic rings. The molecule has 2 aromatic rings. The zero-order chi connectivity index (χ0) is 12.9. The molecule has 0 atom stereocenters. The zero-order valence-corrected chi connectivity index (χ0v) is 10.9. The topological polar surface area (TPSA) is 59.9 Å². The number of hydrogen-bond acceptors (Lipinski definition) is 5. The van der Waals surface area contributed by atoms with E-state index >= 15 is 0 Å². The molecule has 1 aromatic carbocycles. The average molecular weight is 258 g/mol. The summed E-state index contributed by atoms with van der Waals surface area (Å²) >= 11 is 0. The van der Waals surface area contributed by atoms with Crippen molar-refractivity contribution in [3.8, 4) is 0 Å². The average Bonchev–Trinajstić information content (AvgIpc) is 2.48. The van der Waals surface area contributed by atoms with Crippen molar-refractivity contribution in [2.75, 3.05) is 12.0 Å². The lowest BCUT2D eigenvalue weighted by Crippen LogP contribution is -2.21. The summed E-state index contributed by atoms with van der Waals surface area (Å²) in [6.45, 7) is 0.449. The van der Waals surface area contributed by atoms with Crippen molar-refractivity contribution in [3.05, 3.63) is 24.3 Å². The van der Waals surface area contributed by atoms with Crippen LogP contribution in [0.4, 0.5) is 5.95 Å². The molecule has 5 heteroatoms. The van der Waals surface area contributed by atoms with E-state index in [2.05, 4.69) is 20.5 Å². The van der Waals surface area contributed by atoms with E-state index in [-0.39, 0.29) is 0 Å². The van der Waals surface area contributed by atoms with E-state index in [0.29, 0.717) is 18.8 Å². The van der Waals surface area contributed by atoms with Gasteiger partial charge in [0.2, 0.25) is 5.95 Å². The Labute approximate surface area is 112 Å². The minimum atomic E-state index is 0.384. The molecule has 0 saturated heterocycles. The third-order valence-corrected chi connectivity index (χ3v) is 3.46. The van der Waals surface area contributed by atoms with Crippen molar-refractivity contribution >= 4 is 17.0 Å². The van der Waals surface area contributed by atoms with Gasteiger partial charge in [0.25, 0.3) is 0 Å². The molecule has 0 unspecified atom stereocenters. The van der Waals surface area contributed by atoms with Crippen molar-refractivity contribution in [2.24, 2.45) is 0 Å². The summed E-state index contributed by atoms with van der Waals surface area (Å²) in [4.78, 5) is 4.39. The van der Waals surface area contributed by atoms with Crippen LogP contribution in [0.25, 0.3) is 11.0 Å². The fourth-order valence-electron chi connectivity index (χ4n) is 2.41. The molecule has 0 bridgehead atoms. The largest absolute Gasteiger partial charge is 0.358 e. The Hall–Kier alpha value is -1.75. The van der Waals surface area contributed by atoms with Gasteiger partial charge in [-0.05, 0) is 25.0 Å². The van der Waals surface area contributed by atoms with E-state index in [0.717, 1.165) is 11.0 Å². The summed E-state index contributed by atoms with van der Waals surface area (Å²) in [6.07, 6.45) is 6.61. The third-order valence-electron chi connectivity index (χ3n) is 3.46. The minimum Gasteiger partial charge on any atom is -0.358 e. The van der Waals surface area contributed by atoms with Crippen LogP contribution in [0.1, 0.15) is 32.1 Å². The molecule has 3 rings (SSSR count). The van der Waals surface area contributed by atoms with Crippen LogP contribution in [-0.4, -0.2) is 28.0 Å². The van der Waals surface area contributed by atoms with Gasteiger partial charge in [-0.25, -0.2) is 4.98 Å². The molecule has 0 aliphatic heterocycles. The zero-order valence-electron chi connectivity index (χ0n) is 10.9. The Bertz CT molecular complexity index is 540. The fourth-order valence-corrected chi connectivity index (χ4v) is 2.41. The van der Waals surface area contributed by atoms with Crippen molar-refractivity contribution in [3.63, 3.8) is 0 Å². The van der Waals surface area contributed by atoms with E-state index in [1.807, 2.05) is 24.3 Å². The van der Waals surface area contributed by atoms with Gasteiger partial charge >= 0.3 is 0 Å². The molecular weight excluding hydrogens is 240 g/mol. The summed E-state index contributed by atoms with van der Waals surface area (Å²) in [5.41, 5.74) is 1.65. The van der Waals surface area contributed by atoms with Crippen LogP contribution in [0.2, 0.25) is 0 Å². The van der Waals surface area contributed by atoms with Crippen molar-refractivity contribution in [2.45, 2.75) is 38.2 Å². The van der Waals surface area contributed by atoms with Gasteiger partial charge < -0.3 is 10.1 Å². The van der Waals surface area contributed by atoms with Gasteiger partial charge in [-0.15, -0.1) is 10.2 Å². The highest BCUT2D eigenvalue weighted by Gasteiger charge is 2.13. The smallest absolute Gasteiger partial charge is 0.245 e. The maximum atomic E-state index is 5.78. The van der Waals surface area contributed by atoms with Crippen LogP contribution in [0.3, 0.4) is 0 Å². The first-order valence-corrected chi connectivity index (χ1v) is 6.87. The molecule has 1 saturated carbocycles. The molecule has 1 fully saturated rings. The predicted molar refractivity (Wildman–Crippen MR) is 73.8 cm³/mol.